The van der Waals surface area contributed by atoms with E-state index in [1.807, 2.05) is 6.92 Å². The average Bonchev–Trinajstić information content (AvgIpc) is 2.71. The number of carbonyl (C=O) groups excluding carboxylic acids is 2. The van der Waals surface area contributed by atoms with Crippen LogP contribution in [0.25, 0.3) is 0 Å². The van der Waals surface area contributed by atoms with Crippen molar-refractivity contribution in [1.29, 1.82) is 0 Å². The Morgan fingerprint density at radius 3 is 2.23 bits per heavy atom. The van der Waals surface area contributed by atoms with Crippen molar-refractivity contribution in [3.05, 3.63) is 42.0 Å². The van der Waals surface area contributed by atoms with Crippen LogP contribution in [0.4, 0.5) is 0 Å². The number of hydrogen-bond donors (Lipinski definition) is 0. The molecule has 2 atom stereocenters. The summed E-state index contributed by atoms with van der Waals surface area (Å²) in [4.78, 5) is 25.8. The van der Waals surface area contributed by atoms with E-state index in [0.29, 0.717) is 18.5 Å². The maximum atomic E-state index is 13.6. The van der Waals surface area contributed by atoms with Gasteiger partial charge in [0, 0.05) is 12.1 Å². The molecule has 1 saturated carbocycles. The maximum Gasteiger partial charge on any atom is 0.323 e. The number of piperidine rings is 1. The first-order valence-corrected chi connectivity index (χ1v) is 11.4. The lowest BCUT2D eigenvalue weighted by Crippen LogP contribution is -2.64. The Morgan fingerprint density at radius 1 is 1.13 bits per heavy atom. The van der Waals surface area contributed by atoms with Gasteiger partial charge in [0.25, 0.3) is 0 Å². The minimum Gasteiger partial charge on any atom is -0.468 e. The highest BCUT2D eigenvalue weighted by atomic mass is 32.2. The fourth-order valence-corrected chi connectivity index (χ4v) is 7.06. The van der Waals surface area contributed by atoms with Crippen molar-refractivity contribution in [2.75, 3.05) is 20.8 Å². The smallest absolute Gasteiger partial charge is 0.323 e. The van der Waals surface area contributed by atoms with E-state index in [1.165, 1.54) is 18.5 Å². The van der Waals surface area contributed by atoms with Gasteiger partial charge in [0.05, 0.1) is 19.1 Å². The number of esters is 2. The van der Waals surface area contributed by atoms with Crippen LogP contribution in [-0.2, 0) is 29.1 Å². The third-order valence-electron chi connectivity index (χ3n) is 6.62. The summed E-state index contributed by atoms with van der Waals surface area (Å²) in [5.74, 6) is -1.63. The van der Waals surface area contributed by atoms with Gasteiger partial charge in [0.15, 0.2) is 5.41 Å². The number of nitrogens with zero attached hydrogens (tertiary/aromatic N) is 1. The van der Waals surface area contributed by atoms with Crippen LogP contribution in [0, 0.1) is 18.3 Å². The third-order valence-corrected chi connectivity index (χ3v) is 8.66. The summed E-state index contributed by atoms with van der Waals surface area (Å²) in [5.41, 5.74) is -1.01. The zero-order valence-corrected chi connectivity index (χ0v) is 18.8. The number of fused-ring (bicyclic) bond motifs is 1. The minimum atomic E-state index is -3.86. The number of sulfonamides is 1. The van der Waals surface area contributed by atoms with Gasteiger partial charge in [-0.05, 0) is 57.6 Å². The molecule has 2 fully saturated rings. The fraction of sp³-hybridized carbons (Fsp3) is 0.545. The maximum absolute atomic E-state index is 13.6. The largest absolute Gasteiger partial charge is 0.468 e. The van der Waals surface area contributed by atoms with Gasteiger partial charge in [0.2, 0.25) is 10.0 Å². The summed E-state index contributed by atoms with van der Waals surface area (Å²) in [6.45, 7) is 8.13. The van der Waals surface area contributed by atoms with Crippen molar-refractivity contribution in [1.82, 2.24) is 4.31 Å². The van der Waals surface area contributed by atoms with E-state index in [9.17, 15) is 18.0 Å². The number of rotatable bonds is 4. The Balaban J connectivity index is 2.14. The first kappa shape index (κ1) is 22.5. The molecule has 7 nitrogen and oxygen atoms in total. The lowest BCUT2D eigenvalue weighted by Gasteiger charge is -2.56. The average molecular weight is 436 g/mol. The molecular formula is C22H29NO6S. The topological polar surface area (TPSA) is 90.0 Å². The van der Waals surface area contributed by atoms with Crippen LogP contribution < -0.4 is 0 Å². The first-order chi connectivity index (χ1) is 14.0. The number of benzene rings is 1. The van der Waals surface area contributed by atoms with Crippen molar-refractivity contribution >= 4 is 22.0 Å². The second-order valence-corrected chi connectivity index (χ2v) is 10.4. The third kappa shape index (κ3) is 3.36. The summed E-state index contributed by atoms with van der Waals surface area (Å²) in [6.07, 6.45) is 1.49. The minimum absolute atomic E-state index is 0.0197. The molecule has 1 aromatic carbocycles. The van der Waals surface area contributed by atoms with Crippen LogP contribution in [0.15, 0.2) is 41.3 Å². The number of aryl methyl sites for hydroxylation is 1. The molecule has 0 unspecified atom stereocenters. The van der Waals surface area contributed by atoms with Gasteiger partial charge in [-0.3, -0.25) is 9.59 Å². The Labute approximate surface area is 178 Å². The second-order valence-electron chi connectivity index (χ2n) is 8.52. The lowest BCUT2D eigenvalue weighted by atomic mass is 9.58. The Kier molecular flexibility index (Phi) is 5.86. The van der Waals surface area contributed by atoms with Gasteiger partial charge in [-0.25, -0.2) is 8.42 Å². The monoisotopic (exact) mass is 435 g/mol. The predicted molar refractivity (Wildman–Crippen MR) is 111 cm³/mol. The van der Waals surface area contributed by atoms with Crippen molar-refractivity contribution in [2.45, 2.75) is 50.0 Å². The van der Waals surface area contributed by atoms with Gasteiger partial charge in [-0.1, -0.05) is 29.8 Å². The molecule has 0 radical (unpaired) electrons. The Bertz CT molecular complexity index is 952. The second kappa shape index (κ2) is 7.81. The van der Waals surface area contributed by atoms with Crippen LogP contribution >= 0.6 is 0 Å². The van der Waals surface area contributed by atoms with Crippen molar-refractivity contribution < 1.29 is 27.5 Å². The number of hydrogen-bond acceptors (Lipinski definition) is 6. The van der Waals surface area contributed by atoms with E-state index < -0.39 is 32.9 Å². The van der Waals surface area contributed by atoms with E-state index >= 15 is 0 Å². The highest BCUT2D eigenvalue weighted by molar-refractivity contribution is 7.89. The summed E-state index contributed by atoms with van der Waals surface area (Å²) in [6, 6.07) is 6.68. The van der Waals surface area contributed by atoms with Crippen molar-refractivity contribution in [3.8, 4) is 0 Å². The predicted octanol–water partition coefficient (Wildman–Crippen LogP) is 2.84. The first-order valence-electron chi connectivity index (χ1n) is 9.97. The molecule has 30 heavy (non-hydrogen) atoms. The quantitative estimate of drug-likeness (QED) is 0.410. The van der Waals surface area contributed by atoms with Gasteiger partial charge >= 0.3 is 11.9 Å². The molecule has 0 spiro atoms. The van der Waals surface area contributed by atoms with Gasteiger partial charge in [0.1, 0.15) is 0 Å². The molecule has 1 aliphatic heterocycles. The van der Waals surface area contributed by atoms with Crippen molar-refractivity contribution in [3.63, 3.8) is 0 Å². The highest BCUT2D eigenvalue weighted by Gasteiger charge is 2.62. The van der Waals surface area contributed by atoms with Crippen LogP contribution in [-0.4, -0.2) is 51.0 Å². The van der Waals surface area contributed by atoms with Crippen molar-refractivity contribution in [2.24, 2.45) is 11.3 Å². The molecular weight excluding hydrogens is 406 g/mol. The number of methoxy groups -OCH3 is 2. The zero-order valence-electron chi connectivity index (χ0n) is 17.9. The number of ether oxygens (including phenoxy) is 2. The van der Waals surface area contributed by atoms with E-state index in [0.717, 1.165) is 12.0 Å². The normalized spacial score (nSPS) is 26.5. The molecule has 0 bridgehead atoms. The van der Waals surface area contributed by atoms with Gasteiger partial charge in [-0.15, -0.1) is 0 Å². The molecule has 0 aromatic heterocycles. The van der Waals surface area contributed by atoms with E-state index in [4.69, 9.17) is 9.47 Å². The molecule has 0 N–H and O–H groups in total. The van der Waals surface area contributed by atoms with Crippen LogP contribution in [0.2, 0.25) is 0 Å². The summed E-state index contributed by atoms with van der Waals surface area (Å²) < 4.78 is 38.6. The molecule has 1 aromatic rings. The van der Waals surface area contributed by atoms with Crippen LogP contribution in [0.1, 0.15) is 38.2 Å². The van der Waals surface area contributed by atoms with Gasteiger partial charge < -0.3 is 9.47 Å². The molecule has 1 heterocycles. The molecule has 164 valence electrons. The van der Waals surface area contributed by atoms with Gasteiger partial charge in [-0.2, -0.15) is 4.31 Å². The molecule has 3 rings (SSSR count). The standard InChI is InChI=1S/C22H29NO6S/c1-15-8-10-17(11-9-15)30(26,27)23-12-6-7-18-16(2)13-22(19(24)28-4,20(25)29-5)14-21(18,23)3/h8-11,18H,2,6-7,12-14H2,1,3-5H3/t18-,21-/m1/s1. The molecule has 8 heteroatoms. The fourth-order valence-electron chi connectivity index (χ4n) is 5.21. The summed E-state index contributed by atoms with van der Waals surface area (Å²) >= 11 is 0. The number of carbonyl (C=O) groups is 2. The summed E-state index contributed by atoms with van der Waals surface area (Å²) in [7, 11) is -1.43. The molecule has 1 saturated heterocycles. The molecule has 2 aliphatic rings. The van der Waals surface area contributed by atoms with E-state index in [-0.39, 0.29) is 23.7 Å². The highest BCUT2D eigenvalue weighted by Crippen LogP contribution is 2.55. The van der Waals surface area contributed by atoms with E-state index in [2.05, 4.69) is 6.58 Å². The Hall–Kier alpha value is -2.19. The van der Waals surface area contributed by atoms with E-state index in [1.54, 1.807) is 31.2 Å². The SMILES string of the molecule is C=C1CC(C(=O)OC)(C(=O)OC)C[C@]2(C)[C@@H]1CCCN2S(=O)(=O)c1ccc(C)cc1. The van der Waals surface area contributed by atoms with Crippen LogP contribution in [0.3, 0.4) is 0 Å². The Morgan fingerprint density at radius 2 is 1.70 bits per heavy atom. The lowest BCUT2D eigenvalue weighted by molar-refractivity contribution is -0.175. The van der Waals surface area contributed by atoms with Crippen LogP contribution in [0.5, 0.6) is 0 Å². The zero-order chi connectivity index (χ0) is 22.3. The molecule has 0 amide bonds. The summed E-state index contributed by atoms with van der Waals surface area (Å²) in [5, 5.41) is 0. The molecule has 1 aliphatic carbocycles.